The Morgan fingerprint density at radius 2 is 1.60 bits per heavy atom. The van der Waals surface area contributed by atoms with Crippen molar-refractivity contribution in [2.75, 3.05) is 7.05 Å². The van der Waals surface area contributed by atoms with E-state index >= 15 is 0 Å². The lowest BCUT2D eigenvalue weighted by Crippen LogP contribution is -2.41. The summed E-state index contributed by atoms with van der Waals surface area (Å²) in [7, 11) is 1.86. The number of carbonyl (C=O) groups excluding carboxylic acids is 1. The van der Waals surface area contributed by atoms with Gasteiger partial charge in [0.25, 0.3) is 0 Å². The molecule has 0 aromatic heterocycles. The Morgan fingerprint density at radius 3 is 2.10 bits per heavy atom. The number of carboxylic acids is 1. The van der Waals surface area contributed by atoms with Crippen molar-refractivity contribution in [3.05, 3.63) is 0 Å². The molecule has 2 aliphatic rings. The van der Waals surface area contributed by atoms with Crippen molar-refractivity contribution < 1.29 is 14.7 Å². The molecule has 0 heterocycles. The van der Waals surface area contributed by atoms with Crippen LogP contribution in [0.5, 0.6) is 0 Å². The minimum Gasteiger partial charge on any atom is -0.481 e. The molecule has 2 aliphatic carbocycles. The number of rotatable bonds is 4. The largest absolute Gasteiger partial charge is 0.481 e. The predicted octanol–water partition coefficient (Wildman–Crippen LogP) is 3.20. The first-order valence-electron chi connectivity index (χ1n) is 8.04. The highest BCUT2D eigenvalue weighted by atomic mass is 16.4. The molecule has 2 saturated carbocycles. The van der Waals surface area contributed by atoms with Crippen molar-refractivity contribution >= 4 is 11.9 Å². The normalized spacial score (nSPS) is 23.2. The van der Waals surface area contributed by atoms with Crippen molar-refractivity contribution in [3.63, 3.8) is 0 Å². The average Bonchev–Trinajstić information content (AvgIpc) is 2.74. The Bertz CT molecular complexity index is 353. The lowest BCUT2D eigenvalue weighted by atomic mass is 9.82. The van der Waals surface area contributed by atoms with E-state index in [2.05, 4.69) is 0 Å². The molecule has 2 fully saturated rings. The van der Waals surface area contributed by atoms with Crippen LogP contribution in [0.1, 0.15) is 70.6 Å². The third-order valence-corrected chi connectivity index (χ3v) is 5.27. The number of nitrogens with zero attached hydrogens (tertiary/aromatic N) is 1. The summed E-state index contributed by atoms with van der Waals surface area (Å²) < 4.78 is 0. The van der Waals surface area contributed by atoms with Crippen molar-refractivity contribution in [2.45, 2.75) is 76.7 Å². The predicted molar refractivity (Wildman–Crippen MR) is 77.4 cm³/mol. The molecular weight excluding hydrogens is 254 g/mol. The standard InChI is InChI=1S/C16H27NO3/c1-17(13-8-4-2-3-5-9-13)14(18)12-16(15(19)20)10-6-7-11-16/h13H,2-12H2,1H3,(H,19,20). The smallest absolute Gasteiger partial charge is 0.310 e. The zero-order chi connectivity index (χ0) is 14.6. The van der Waals surface area contributed by atoms with Crippen molar-refractivity contribution in [3.8, 4) is 0 Å². The lowest BCUT2D eigenvalue weighted by molar-refractivity contribution is -0.153. The van der Waals surface area contributed by atoms with Gasteiger partial charge in [0, 0.05) is 19.5 Å². The Balaban J connectivity index is 1.97. The molecule has 0 unspecified atom stereocenters. The molecule has 0 radical (unpaired) electrons. The quantitative estimate of drug-likeness (QED) is 0.805. The number of aliphatic carboxylic acids is 1. The second-order valence-corrected chi connectivity index (χ2v) is 6.62. The summed E-state index contributed by atoms with van der Waals surface area (Å²) in [6.07, 6.45) is 10.4. The SMILES string of the molecule is CN(C(=O)CC1(C(=O)O)CCCC1)C1CCCCCC1. The van der Waals surface area contributed by atoms with E-state index in [0.29, 0.717) is 18.9 Å². The van der Waals surface area contributed by atoms with Crippen LogP contribution in [0.15, 0.2) is 0 Å². The third-order valence-electron chi connectivity index (χ3n) is 5.27. The van der Waals surface area contributed by atoms with Crippen LogP contribution >= 0.6 is 0 Å². The highest BCUT2D eigenvalue weighted by molar-refractivity contribution is 5.85. The van der Waals surface area contributed by atoms with Gasteiger partial charge in [-0.3, -0.25) is 9.59 Å². The van der Waals surface area contributed by atoms with E-state index in [1.54, 1.807) is 0 Å². The van der Waals surface area contributed by atoms with Gasteiger partial charge in [0.15, 0.2) is 0 Å². The Morgan fingerprint density at radius 1 is 1.05 bits per heavy atom. The summed E-state index contributed by atoms with van der Waals surface area (Å²) >= 11 is 0. The fourth-order valence-corrected chi connectivity index (χ4v) is 3.78. The first-order chi connectivity index (χ1) is 9.55. The number of hydrogen-bond donors (Lipinski definition) is 1. The Kier molecular flexibility index (Phi) is 5.06. The van der Waals surface area contributed by atoms with Crippen molar-refractivity contribution in [2.24, 2.45) is 5.41 Å². The molecule has 2 rings (SSSR count). The van der Waals surface area contributed by atoms with Crippen LogP contribution < -0.4 is 0 Å². The van der Waals surface area contributed by atoms with Crippen LogP contribution in [0.3, 0.4) is 0 Å². The summed E-state index contributed by atoms with van der Waals surface area (Å²) in [5, 5.41) is 9.48. The Hall–Kier alpha value is -1.06. The van der Waals surface area contributed by atoms with Gasteiger partial charge in [0.05, 0.1) is 5.41 Å². The van der Waals surface area contributed by atoms with Crippen molar-refractivity contribution in [1.29, 1.82) is 0 Å². The van der Waals surface area contributed by atoms with Gasteiger partial charge in [-0.1, -0.05) is 38.5 Å². The second-order valence-electron chi connectivity index (χ2n) is 6.62. The van der Waals surface area contributed by atoms with Gasteiger partial charge < -0.3 is 10.0 Å². The van der Waals surface area contributed by atoms with Crippen LogP contribution in [0.2, 0.25) is 0 Å². The first-order valence-corrected chi connectivity index (χ1v) is 8.04. The molecule has 0 atom stereocenters. The molecule has 0 aromatic carbocycles. The van der Waals surface area contributed by atoms with E-state index in [4.69, 9.17) is 0 Å². The fourth-order valence-electron chi connectivity index (χ4n) is 3.78. The molecule has 0 aromatic rings. The first kappa shape index (κ1) is 15.3. The van der Waals surface area contributed by atoms with Crippen molar-refractivity contribution in [1.82, 2.24) is 4.90 Å². The zero-order valence-corrected chi connectivity index (χ0v) is 12.6. The molecule has 0 saturated heterocycles. The van der Waals surface area contributed by atoms with Gasteiger partial charge in [0.1, 0.15) is 0 Å². The number of carboxylic acid groups (broad SMARTS) is 1. The lowest BCUT2D eigenvalue weighted by Gasteiger charge is -2.31. The van der Waals surface area contributed by atoms with Crippen LogP contribution in [0.4, 0.5) is 0 Å². The molecular formula is C16H27NO3. The maximum atomic E-state index is 12.5. The van der Waals surface area contributed by atoms with E-state index in [0.717, 1.165) is 25.7 Å². The van der Waals surface area contributed by atoms with Crippen LogP contribution in [0.25, 0.3) is 0 Å². The molecule has 114 valence electrons. The van der Waals surface area contributed by atoms with E-state index < -0.39 is 11.4 Å². The third kappa shape index (κ3) is 3.33. The second kappa shape index (κ2) is 6.59. The molecule has 20 heavy (non-hydrogen) atoms. The maximum absolute atomic E-state index is 12.5. The summed E-state index contributed by atoms with van der Waals surface area (Å²) in [5.74, 6) is -0.751. The minimum absolute atomic E-state index is 0.0289. The highest BCUT2D eigenvalue weighted by Crippen LogP contribution is 2.42. The molecule has 1 amide bonds. The van der Waals surface area contributed by atoms with Gasteiger partial charge >= 0.3 is 5.97 Å². The fraction of sp³-hybridized carbons (Fsp3) is 0.875. The molecule has 4 nitrogen and oxygen atoms in total. The van der Waals surface area contributed by atoms with Crippen LogP contribution in [0, 0.1) is 5.41 Å². The number of carbonyl (C=O) groups is 2. The van der Waals surface area contributed by atoms with Gasteiger partial charge in [-0.2, -0.15) is 0 Å². The molecule has 0 spiro atoms. The van der Waals surface area contributed by atoms with E-state index in [1.165, 1.54) is 25.7 Å². The van der Waals surface area contributed by atoms with Crippen LogP contribution in [-0.4, -0.2) is 35.0 Å². The van der Waals surface area contributed by atoms with E-state index in [1.807, 2.05) is 11.9 Å². The van der Waals surface area contributed by atoms with E-state index in [-0.39, 0.29) is 12.3 Å². The molecule has 4 heteroatoms. The average molecular weight is 281 g/mol. The molecule has 1 N–H and O–H groups in total. The number of amides is 1. The van der Waals surface area contributed by atoms with Gasteiger partial charge in [0.2, 0.25) is 5.91 Å². The number of hydrogen-bond acceptors (Lipinski definition) is 2. The maximum Gasteiger partial charge on any atom is 0.310 e. The highest BCUT2D eigenvalue weighted by Gasteiger charge is 2.43. The molecule has 0 aliphatic heterocycles. The zero-order valence-electron chi connectivity index (χ0n) is 12.6. The summed E-state index contributed by atoms with van der Waals surface area (Å²) in [5.41, 5.74) is -0.782. The Labute approximate surface area is 121 Å². The van der Waals surface area contributed by atoms with Crippen LogP contribution in [-0.2, 0) is 9.59 Å². The minimum atomic E-state index is -0.782. The topological polar surface area (TPSA) is 57.6 Å². The monoisotopic (exact) mass is 281 g/mol. The summed E-state index contributed by atoms with van der Waals surface area (Å²) in [4.78, 5) is 25.9. The van der Waals surface area contributed by atoms with Gasteiger partial charge in [-0.15, -0.1) is 0 Å². The summed E-state index contributed by atoms with van der Waals surface area (Å²) in [6, 6.07) is 0.317. The summed E-state index contributed by atoms with van der Waals surface area (Å²) in [6.45, 7) is 0. The van der Waals surface area contributed by atoms with Gasteiger partial charge in [-0.25, -0.2) is 0 Å². The molecule has 0 bridgehead atoms. The van der Waals surface area contributed by atoms with Gasteiger partial charge in [-0.05, 0) is 25.7 Å². The van der Waals surface area contributed by atoms with E-state index in [9.17, 15) is 14.7 Å².